The molecule has 1 aromatic heterocycles. The topological polar surface area (TPSA) is 59.4 Å². The van der Waals surface area contributed by atoms with E-state index in [1.165, 1.54) is 0 Å². The number of aromatic nitrogens is 1. The number of nitrogens with zero attached hydrogens (tertiary/aromatic N) is 1. The molecule has 0 radical (unpaired) electrons. The standard InChI is InChI=1S/C16H19NO3S/c1-4-16(5-2,20-3)15-17-13(10-21-15)11-6-8-12(9-7-11)14(18)19/h6-10H,4-5H2,1-3H3,(H,18,19). The maximum atomic E-state index is 10.9. The monoisotopic (exact) mass is 305 g/mol. The molecule has 1 aromatic carbocycles. The molecule has 0 atom stereocenters. The molecule has 0 aliphatic carbocycles. The van der Waals surface area contributed by atoms with Crippen LogP contribution in [-0.4, -0.2) is 23.2 Å². The van der Waals surface area contributed by atoms with Crippen LogP contribution in [0.1, 0.15) is 42.1 Å². The predicted octanol–water partition coefficient (Wildman–Crippen LogP) is 4.17. The summed E-state index contributed by atoms with van der Waals surface area (Å²) < 4.78 is 5.69. The number of hydrogen-bond donors (Lipinski definition) is 1. The Morgan fingerprint density at radius 2 is 1.90 bits per heavy atom. The van der Waals surface area contributed by atoms with Crippen molar-refractivity contribution in [2.45, 2.75) is 32.3 Å². The van der Waals surface area contributed by atoms with Crippen LogP contribution >= 0.6 is 11.3 Å². The fourth-order valence-electron chi connectivity index (χ4n) is 2.33. The first kappa shape index (κ1) is 15.7. The molecular formula is C16H19NO3S. The Morgan fingerprint density at radius 3 is 2.38 bits per heavy atom. The molecule has 2 rings (SSSR count). The van der Waals surface area contributed by atoms with Gasteiger partial charge in [-0.2, -0.15) is 0 Å². The zero-order valence-electron chi connectivity index (χ0n) is 12.4. The Hall–Kier alpha value is -1.72. The highest BCUT2D eigenvalue weighted by atomic mass is 32.1. The van der Waals surface area contributed by atoms with Crippen LogP contribution in [0, 0.1) is 0 Å². The van der Waals surface area contributed by atoms with Crippen molar-refractivity contribution < 1.29 is 14.6 Å². The van der Waals surface area contributed by atoms with Crippen LogP contribution in [0.2, 0.25) is 0 Å². The highest BCUT2D eigenvalue weighted by Gasteiger charge is 2.31. The van der Waals surface area contributed by atoms with Crippen molar-refractivity contribution in [1.82, 2.24) is 4.98 Å². The van der Waals surface area contributed by atoms with Gasteiger partial charge >= 0.3 is 5.97 Å². The number of rotatable bonds is 6. The minimum Gasteiger partial charge on any atom is -0.478 e. The van der Waals surface area contributed by atoms with Crippen molar-refractivity contribution in [3.63, 3.8) is 0 Å². The fraction of sp³-hybridized carbons (Fsp3) is 0.375. The zero-order valence-corrected chi connectivity index (χ0v) is 13.2. The van der Waals surface area contributed by atoms with Crippen LogP contribution in [0.3, 0.4) is 0 Å². The highest BCUT2D eigenvalue weighted by Crippen LogP contribution is 2.36. The molecule has 112 valence electrons. The number of thiazole rings is 1. The molecule has 0 spiro atoms. The van der Waals surface area contributed by atoms with Gasteiger partial charge in [0.2, 0.25) is 0 Å². The lowest BCUT2D eigenvalue weighted by atomic mass is 9.98. The third kappa shape index (κ3) is 2.99. The van der Waals surface area contributed by atoms with Crippen molar-refractivity contribution >= 4 is 17.3 Å². The molecule has 0 unspecified atom stereocenters. The minimum atomic E-state index is -0.920. The molecule has 0 bridgehead atoms. The van der Waals surface area contributed by atoms with E-state index in [0.29, 0.717) is 0 Å². The van der Waals surface area contributed by atoms with Gasteiger partial charge in [-0.1, -0.05) is 26.0 Å². The molecular weight excluding hydrogens is 286 g/mol. The third-order valence-electron chi connectivity index (χ3n) is 3.85. The molecule has 5 heteroatoms. The first-order valence-electron chi connectivity index (χ1n) is 6.91. The summed E-state index contributed by atoms with van der Waals surface area (Å²) in [6.07, 6.45) is 1.73. The second kappa shape index (κ2) is 6.37. The molecule has 0 fully saturated rings. The number of carbonyl (C=O) groups is 1. The number of carboxylic acid groups (broad SMARTS) is 1. The third-order valence-corrected chi connectivity index (χ3v) is 4.88. The summed E-state index contributed by atoms with van der Waals surface area (Å²) in [5.74, 6) is -0.920. The van der Waals surface area contributed by atoms with Crippen molar-refractivity contribution in [2.24, 2.45) is 0 Å². The number of carboxylic acids is 1. The first-order chi connectivity index (χ1) is 10.1. The Labute approximate surface area is 128 Å². The van der Waals surface area contributed by atoms with Crippen LogP contribution in [-0.2, 0) is 10.3 Å². The molecule has 1 N–H and O–H groups in total. The molecule has 21 heavy (non-hydrogen) atoms. The molecule has 1 heterocycles. The lowest BCUT2D eigenvalue weighted by Crippen LogP contribution is -2.26. The summed E-state index contributed by atoms with van der Waals surface area (Å²) in [6, 6.07) is 6.77. The summed E-state index contributed by atoms with van der Waals surface area (Å²) in [6.45, 7) is 4.19. The summed E-state index contributed by atoms with van der Waals surface area (Å²) in [4.78, 5) is 15.6. The average Bonchev–Trinajstić information content (AvgIpc) is 3.00. The van der Waals surface area contributed by atoms with E-state index in [0.717, 1.165) is 29.1 Å². The van der Waals surface area contributed by atoms with Crippen LogP contribution in [0.25, 0.3) is 11.3 Å². The maximum absolute atomic E-state index is 10.9. The molecule has 2 aromatic rings. The van der Waals surface area contributed by atoms with Gasteiger partial charge in [0.25, 0.3) is 0 Å². The predicted molar refractivity (Wildman–Crippen MR) is 83.8 cm³/mol. The number of benzene rings is 1. The number of methoxy groups -OCH3 is 1. The first-order valence-corrected chi connectivity index (χ1v) is 7.79. The van der Waals surface area contributed by atoms with E-state index in [4.69, 9.17) is 9.84 Å². The van der Waals surface area contributed by atoms with Crippen molar-refractivity contribution in [1.29, 1.82) is 0 Å². The molecule has 0 saturated heterocycles. The van der Waals surface area contributed by atoms with Gasteiger partial charge in [0.15, 0.2) is 0 Å². The number of aromatic carboxylic acids is 1. The second-order valence-electron chi connectivity index (χ2n) is 4.83. The Bertz CT molecular complexity index is 606. The van der Waals surface area contributed by atoms with E-state index in [-0.39, 0.29) is 11.2 Å². The molecule has 0 amide bonds. The maximum Gasteiger partial charge on any atom is 0.335 e. The van der Waals surface area contributed by atoms with E-state index in [2.05, 4.69) is 18.8 Å². The smallest absolute Gasteiger partial charge is 0.335 e. The van der Waals surface area contributed by atoms with Crippen LogP contribution in [0.4, 0.5) is 0 Å². The molecule has 0 aliphatic rings. The van der Waals surface area contributed by atoms with Crippen LogP contribution < -0.4 is 0 Å². The summed E-state index contributed by atoms with van der Waals surface area (Å²) >= 11 is 1.58. The summed E-state index contributed by atoms with van der Waals surface area (Å²) in [7, 11) is 1.72. The van der Waals surface area contributed by atoms with E-state index in [9.17, 15) is 4.79 Å². The van der Waals surface area contributed by atoms with E-state index in [1.807, 2.05) is 5.38 Å². The lowest BCUT2D eigenvalue weighted by molar-refractivity contribution is -0.0218. The van der Waals surface area contributed by atoms with Crippen molar-refractivity contribution in [2.75, 3.05) is 7.11 Å². The summed E-state index contributed by atoms with van der Waals surface area (Å²) in [5, 5.41) is 11.9. The van der Waals surface area contributed by atoms with Crippen LogP contribution in [0.15, 0.2) is 29.6 Å². The van der Waals surface area contributed by atoms with Gasteiger partial charge in [-0.25, -0.2) is 9.78 Å². The van der Waals surface area contributed by atoms with E-state index >= 15 is 0 Å². The van der Waals surface area contributed by atoms with Crippen molar-refractivity contribution in [3.05, 3.63) is 40.2 Å². The Kier molecular flexibility index (Phi) is 4.75. The highest BCUT2D eigenvalue weighted by molar-refractivity contribution is 7.10. The van der Waals surface area contributed by atoms with Gasteiger partial charge in [0.05, 0.1) is 11.3 Å². The van der Waals surface area contributed by atoms with Crippen molar-refractivity contribution in [3.8, 4) is 11.3 Å². The van der Waals surface area contributed by atoms with Gasteiger partial charge in [0, 0.05) is 18.1 Å². The quantitative estimate of drug-likeness (QED) is 0.870. The van der Waals surface area contributed by atoms with Crippen LogP contribution in [0.5, 0.6) is 0 Å². The van der Waals surface area contributed by atoms with Gasteiger partial charge < -0.3 is 9.84 Å². The largest absolute Gasteiger partial charge is 0.478 e. The second-order valence-corrected chi connectivity index (χ2v) is 5.68. The summed E-state index contributed by atoms with van der Waals surface area (Å²) in [5.41, 5.74) is 1.72. The molecule has 4 nitrogen and oxygen atoms in total. The molecule has 0 aliphatic heterocycles. The SMILES string of the molecule is CCC(CC)(OC)c1nc(-c2ccc(C(=O)O)cc2)cs1. The van der Waals surface area contributed by atoms with Gasteiger partial charge in [-0.05, 0) is 25.0 Å². The number of ether oxygens (including phenoxy) is 1. The van der Waals surface area contributed by atoms with E-state index in [1.54, 1.807) is 42.7 Å². The lowest BCUT2D eigenvalue weighted by Gasteiger charge is -2.27. The average molecular weight is 305 g/mol. The zero-order chi connectivity index (χ0) is 15.5. The van der Waals surface area contributed by atoms with Gasteiger partial charge in [-0.15, -0.1) is 11.3 Å². The minimum absolute atomic E-state index is 0.280. The fourth-order valence-corrected chi connectivity index (χ4v) is 3.48. The van der Waals surface area contributed by atoms with E-state index < -0.39 is 5.97 Å². The van der Waals surface area contributed by atoms with Gasteiger partial charge in [0.1, 0.15) is 10.6 Å². The molecule has 0 saturated carbocycles. The number of hydrogen-bond acceptors (Lipinski definition) is 4. The Balaban J connectivity index is 2.33. The Morgan fingerprint density at radius 1 is 1.29 bits per heavy atom. The normalized spacial score (nSPS) is 11.6. The van der Waals surface area contributed by atoms with Gasteiger partial charge in [-0.3, -0.25) is 0 Å².